The molecule has 0 spiro atoms. The van der Waals surface area contributed by atoms with E-state index in [4.69, 9.17) is 5.11 Å². The molecule has 0 aromatic heterocycles. The van der Waals surface area contributed by atoms with Gasteiger partial charge < -0.3 is 20.2 Å². The Bertz CT molecular complexity index is 270. The number of rotatable bonds is 4. The van der Waals surface area contributed by atoms with Crippen molar-refractivity contribution in [1.29, 1.82) is 0 Å². The van der Waals surface area contributed by atoms with Crippen molar-refractivity contribution in [1.82, 2.24) is 15.1 Å². The second-order valence-electron chi connectivity index (χ2n) is 4.01. The Hall–Kier alpha value is -1.14. The minimum atomic E-state index is -0.424. The summed E-state index contributed by atoms with van der Waals surface area (Å²) in [7, 11) is 3.35. The van der Waals surface area contributed by atoms with Crippen LogP contribution in [0.5, 0.6) is 0 Å². The molecule has 0 aliphatic carbocycles. The zero-order valence-corrected chi connectivity index (χ0v) is 9.77. The molecule has 1 fully saturated rings. The number of aliphatic hydroxyl groups is 1. The van der Waals surface area contributed by atoms with Crippen LogP contribution in [0.4, 0.5) is 0 Å². The molecule has 0 aromatic carbocycles. The molecule has 1 rings (SSSR count). The maximum Gasteiger partial charge on any atom is 0.240 e. The first-order valence-electron chi connectivity index (χ1n) is 5.39. The largest absolute Gasteiger partial charge is 0.395 e. The highest BCUT2D eigenvalue weighted by molar-refractivity contribution is 5.88. The third-order valence-corrected chi connectivity index (χ3v) is 2.75. The van der Waals surface area contributed by atoms with Gasteiger partial charge in [-0.15, -0.1) is 0 Å². The number of nitrogens with one attached hydrogen (secondary N) is 1. The Labute approximate surface area is 95.2 Å². The van der Waals surface area contributed by atoms with Crippen LogP contribution < -0.4 is 5.32 Å². The third-order valence-electron chi connectivity index (χ3n) is 2.75. The minimum Gasteiger partial charge on any atom is -0.395 e. The summed E-state index contributed by atoms with van der Waals surface area (Å²) in [4.78, 5) is 26.4. The predicted octanol–water partition coefficient (Wildman–Crippen LogP) is -1.74. The average molecular weight is 229 g/mol. The van der Waals surface area contributed by atoms with E-state index < -0.39 is 6.04 Å². The summed E-state index contributed by atoms with van der Waals surface area (Å²) >= 11 is 0. The normalized spacial score (nSPS) is 21.1. The summed E-state index contributed by atoms with van der Waals surface area (Å²) < 4.78 is 0. The van der Waals surface area contributed by atoms with E-state index in [9.17, 15) is 9.59 Å². The summed E-state index contributed by atoms with van der Waals surface area (Å²) in [6.45, 7) is 1.63. The molecule has 1 aliphatic heterocycles. The second-order valence-corrected chi connectivity index (χ2v) is 4.01. The fourth-order valence-electron chi connectivity index (χ4n) is 1.63. The molecule has 2 N–H and O–H groups in total. The molecule has 6 heteroatoms. The fourth-order valence-corrected chi connectivity index (χ4v) is 1.63. The van der Waals surface area contributed by atoms with Crippen molar-refractivity contribution in [3.05, 3.63) is 0 Å². The van der Waals surface area contributed by atoms with Crippen LogP contribution in [0.2, 0.25) is 0 Å². The van der Waals surface area contributed by atoms with Gasteiger partial charge in [0.1, 0.15) is 0 Å². The van der Waals surface area contributed by atoms with Crippen LogP contribution in [0.1, 0.15) is 6.42 Å². The Morgan fingerprint density at radius 1 is 1.69 bits per heavy atom. The standard InChI is InChI=1S/C10H19N3O3/c1-12(5-6-14)9(15)7-8-10(16)13(2)4-3-11-8/h8,11,14H,3-7H2,1-2H3. The van der Waals surface area contributed by atoms with E-state index in [2.05, 4.69) is 5.32 Å². The lowest BCUT2D eigenvalue weighted by Crippen LogP contribution is -2.55. The summed E-state index contributed by atoms with van der Waals surface area (Å²) in [6, 6.07) is -0.424. The number of carbonyl (C=O) groups excluding carboxylic acids is 2. The highest BCUT2D eigenvalue weighted by Gasteiger charge is 2.28. The summed E-state index contributed by atoms with van der Waals surface area (Å²) in [5, 5.41) is 11.7. The molecule has 1 unspecified atom stereocenters. The van der Waals surface area contributed by atoms with E-state index >= 15 is 0 Å². The van der Waals surface area contributed by atoms with Crippen molar-refractivity contribution in [2.24, 2.45) is 0 Å². The lowest BCUT2D eigenvalue weighted by Gasteiger charge is -2.30. The summed E-state index contributed by atoms with van der Waals surface area (Å²) in [6.07, 6.45) is 0.152. The van der Waals surface area contributed by atoms with Crippen LogP contribution in [-0.4, -0.2) is 73.1 Å². The first-order valence-corrected chi connectivity index (χ1v) is 5.39. The fraction of sp³-hybridized carbons (Fsp3) is 0.800. The molecule has 1 atom stereocenters. The zero-order chi connectivity index (χ0) is 12.1. The zero-order valence-electron chi connectivity index (χ0n) is 9.77. The SMILES string of the molecule is CN(CCO)C(=O)CC1NCCN(C)C1=O. The van der Waals surface area contributed by atoms with Crippen LogP contribution in [0.15, 0.2) is 0 Å². The molecular weight excluding hydrogens is 210 g/mol. The van der Waals surface area contributed by atoms with Crippen LogP contribution in [0, 0.1) is 0 Å². The van der Waals surface area contributed by atoms with Gasteiger partial charge in [-0.25, -0.2) is 0 Å². The van der Waals surface area contributed by atoms with Gasteiger partial charge in [-0.3, -0.25) is 9.59 Å². The van der Waals surface area contributed by atoms with Crippen molar-refractivity contribution in [3.63, 3.8) is 0 Å². The van der Waals surface area contributed by atoms with Gasteiger partial charge in [0.15, 0.2) is 0 Å². The van der Waals surface area contributed by atoms with Crippen LogP contribution >= 0.6 is 0 Å². The molecule has 6 nitrogen and oxygen atoms in total. The van der Waals surface area contributed by atoms with Gasteiger partial charge in [-0.1, -0.05) is 0 Å². The number of hydrogen-bond acceptors (Lipinski definition) is 4. The van der Waals surface area contributed by atoms with Crippen molar-refractivity contribution in [2.45, 2.75) is 12.5 Å². The van der Waals surface area contributed by atoms with Gasteiger partial charge in [0, 0.05) is 33.7 Å². The van der Waals surface area contributed by atoms with E-state index in [1.807, 2.05) is 0 Å². The lowest BCUT2D eigenvalue weighted by atomic mass is 10.1. The van der Waals surface area contributed by atoms with Crippen molar-refractivity contribution < 1.29 is 14.7 Å². The average Bonchev–Trinajstić information content (AvgIpc) is 2.25. The number of amides is 2. The molecule has 0 radical (unpaired) electrons. The molecular formula is C10H19N3O3. The van der Waals surface area contributed by atoms with E-state index in [1.165, 1.54) is 4.90 Å². The molecule has 1 heterocycles. The molecule has 0 aromatic rings. The lowest BCUT2D eigenvalue weighted by molar-refractivity contribution is -0.139. The quantitative estimate of drug-likeness (QED) is 0.600. The van der Waals surface area contributed by atoms with Crippen LogP contribution in [0.25, 0.3) is 0 Å². The van der Waals surface area contributed by atoms with E-state index in [1.54, 1.807) is 19.0 Å². The smallest absolute Gasteiger partial charge is 0.240 e. The third kappa shape index (κ3) is 3.18. The topological polar surface area (TPSA) is 72.9 Å². The number of piperazine rings is 1. The Kier molecular flexibility index (Phi) is 4.70. The predicted molar refractivity (Wildman–Crippen MR) is 58.8 cm³/mol. The summed E-state index contributed by atoms with van der Waals surface area (Å²) in [5.74, 6) is -0.174. The maximum absolute atomic E-state index is 11.7. The van der Waals surface area contributed by atoms with Crippen LogP contribution in [0.3, 0.4) is 0 Å². The molecule has 0 saturated carbocycles. The van der Waals surface area contributed by atoms with Gasteiger partial charge in [0.2, 0.25) is 11.8 Å². The molecule has 92 valence electrons. The Morgan fingerprint density at radius 2 is 2.38 bits per heavy atom. The molecule has 16 heavy (non-hydrogen) atoms. The molecule has 0 bridgehead atoms. The molecule has 1 saturated heterocycles. The maximum atomic E-state index is 11.7. The highest BCUT2D eigenvalue weighted by atomic mass is 16.3. The van der Waals surface area contributed by atoms with Gasteiger partial charge in [-0.05, 0) is 0 Å². The van der Waals surface area contributed by atoms with E-state index in [0.717, 1.165) is 0 Å². The number of nitrogens with zero attached hydrogens (tertiary/aromatic N) is 2. The van der Waals surface area contributed by atoms with Gasteiger partial charge in [-0.2, -0.15) is 0 Å². The van der Waals surface area contributed by atoms with Crippen molar-refractivity contribution in [2.75, 3.05) is 40.3 Å². The molecule has 1 aliphatic rings. The minimum absolute atomic E-state index is 0.0444. The highest BCUT2D eigenvalue weighted by Crippen LogP contribution is 2.04. The first-order chi connectivity index (χ1) is 7.56. The van der Waals surface area contributed by atoms with Gasteiger partial charge in [0.25, 0.3) is 0 Å². The summed E-state index contributed by atoms with van der Waals surface area (Å²) in [5.41, 5.74) is 0. The van der Waals surface area contributed by atoms with Crippen LogP contribution in [-0.2, 0) is 9.59 Å². The number of likely N-dealkylation sites (N-methyl/N-ethyl adjacent to an activating group) is 2. The monoisotopic (exact) mass is 229 g/mol. The van der Waals surface area contributed by atoms with E-state index in [-0.39, 0.29) is 24.8 Å². The Morgan fingerprint density at radius 3 is 3.00 bits per heavy atom. The number of carbonyl (C=O) groups is 2. The first kappa shape index (κ1) is 12.9. The Balaban J connectivity index is 2.46. The second kappa shape index (κ2) is 5.81. The molecule has 2 amide bonds. The van der Waals surface area contributed by atoms with Gasteiger partial charge >= 0.3 is 0 Å². The van der Waals surface area contributed by atoms with Crippen molar-refractivity contribution in [3.8, 4) is 0 Å². The van der Waals surface area contributed by atoms with Crippen molar-refractivity contribution >= 4 is 11.8 Å². The number of aliphatic hydroxyl groups excluding tert-OH is 1. The van der Waals surface area contributed by atoms with E-state index in [0.29, 0.717) is 19.6 Å². The number of hydrogen-bond donors (Lipinski definition) is 2. The van der Waals surface area contributed by atoms with Gasteiger partial charge in [0.05, 0.1) is 19.1 Å².